The van der Waals surface area contributed by atoms with Gasteiger partial charge in [-0.15, -0.1) is 0 Å². The van der Waals surface area contributed by atoms with Crippen LogP contribution >= 0.6 is 11.6 Å². The molecule has 168 valence electrons. The zero-order chi connectivity index (χ0) is 22.2. The van der Waals surface area contributed by atoms with Crippen molar-refractivity contribution in [3.8, 4) is 5.75 Å². The molecule has 0 aliphatic carbocycles. The Morgan fingerprint density at radius 3 is 2.71 bits per heavy atom. The highest BCUT2D eigenvalue weighted by Gasteiger charge is 2.29. The summed E-state index contributed by atoms with van der Waals surface area (Å²) >= 11 is 6.47. The number of hydrogen-bond donors (Lipinski definition) is 4. The molecule has 5 N–H and O–H groups in total. The van der Waals surface area contributed by atoms with Crippen LogP contribution in [0.5, 0.6) is 5.75 Å². The molecule has 0 amide bonds. The molecule has 0 bridgehead atoms. The summed E-state index contributed by atoms with van der Waals surface area (Å²) in [6, 6.07) is 13.9. The van der Waals surface area contributed by atoms with E-state index in [1.54, 1.807) is 0 Å². The summed E-state index contributed by atoms with van der Waals surface area (Å²) in [6.45, 7) is 2.90. The van der Waals surface area contributed by atoms with Crippen molar-refractivity contribution in [3.05, 3.63) is 76.1 Å². The molecule has 7 heteroatoms. The predicted octanol–water partition coefficient (Wildman–Crippen LogP) is 3.29. The van der Waals surface area contributed by atoms with E-state index in [0.717, 1.165) is 22.4 Å². The SMILES string of the molecule is CCOc1ccc(Cc2cc(C3CC(O)CC(CN/C(=C\N)CO)O3)ccc2Cl)cc1. The van der Waals surface area contributed by atoms with Crippen molar-refractivity contribution >= 4 is 11.6 Å². The van der Waals surface area contributed by atoms with Gasteiger partial charge in [0.15, 0.2) is 0 Å². The zero-order valence-electron chi connectivity index (χ0n) is 17.8. The molecule has 0 radical (unpaired) electrons. The van der Waals surface area contributed by atoms with Crippen molar-refractivity contribution < 1.29 is 19.7 Å². The molecule has 0 spiro atoms. The summed E-state index contributed by atoms with van der Waals surface area (Å²) in [6.07, 6.45) is 2.20. The summed E-state index contributed by atoms with van der Waals surface area (Å²) in [5, 5.41) is 23.4. The largest absolute Gasteiger partial charge is 0.494 e. The smallest absolute Gasteiger partial charge is 0.119 e. The first-order valence-electron chi connectivity index (χ1n) is 10.6. The van der Waals surface area contributed by atoms with Gasteiger partial charge in [-0.05, 0) is 48.2 Å². The van der Waals surface area contributed by atoms with Gasteiger partial charge in [-0.25, -0.2) is 0 Å². The van der Waals surface area contributed by atoms with E-state index in [4.69, 9.17) is 26.8 Å². The molecular formula is C24H31ClN2O4. The van der Waals surface area contributed by atoms with Gasteiger partial charge in [0.05, 0.1) is 37.2 Å². The molecule has 1 aliphatic heterocycles. The molecule has 31 heavy (non-hydrogen) atoms. The van der Waals surface area contributed by atoms with E-state index in [9.17, 15) is 10.2 Å². The van der Waals surface area contributed by atoms with E-state index in [0.29, 0.717) is 43.1 Å². The molecular weight excluding hydrogens is 416 g/mol. The van der Waals surface area contributed by atoms with E-state index in [2.05, 4.69) is 11.4 Å². The quantitative estimate of drug-likeness (QED) is 0.472. The van der Waals surface area contributed by atoms with Gasteiger partial charge >= 0.3 is 0 Å². The first kappa shape index (κ1) is 23.4. The summed E-state index contributed by atoms with van der Waals surface area (Å²) in [7, 11) is 0. The van der Waals surface area contributed by atoms with Crippen LogP contribution in [0.1, 0.15) is 42.6 Å². The fourth-order valence-corrected chi connectivity index (χ4v) is 3.95. The highest BCUT2D eigenvalue weighted by atomic mass is 35.5. The maximum atomic E-state index is 10.4. The van der Waals surface area contributed by atoms with E-state index in [1.807, 2.05) is 43.3 Å². The monoisotopic (exact) mass is 446 g/mol. The molecule has 3 atom stereocenters. The normalized spacial score (nSPS) is 21.7. The first-order valence-corrected chi connectivity index (χ1v) is 11.0. The number of nitrogens with one attached hydrogen (secondary N) is 1. The minimum atomic E-state index is -0.463. The Bertz CT molecular complexity index is 872. The number of halogens is 1. The summed E-state index contributed by atoms with van der Waals surface area (Å²) in [5.74, 6) is 0.851. The van der Waals surface area contributed by atoms with Gasteiger partial charge in [0.2, 0.25) is 0 Å². The lowest BCUT2D eigenvalue weighted by Gasteiger charge is -2.34. The molecule has 0 saturated carbocycles. The number of ether oxygens (including phenoxy) is 2. The van der Waals surface area contributed by atoms with Crippen molar-refractivity contribution in [2.24, 2.45) is 5.73 Å². The molecule has 0 aromatic heterocycles. The Balaban J connectivity index is 1.70. The standard InChI is InChI=1S/C24H31ClN2O4/c1-2-30-21-6-3-16(4-7-21)9-18-10-17(5-8-23(18)25)24-12-20(29)11-22(31-24)14-27-19(13-26)15-28/h3-8,10,13,20,22,24,27-29H,2,9,11-12,14-15,26H2,1H3/b19-13-. The fourth-order valence-electron chi connectivity index (χ4n) is 3.77. The fraction of sp³-hybridized carbons (Fsp3) is 0.417. The minimum Gasteiger partial charge on any atom is -0.494 e. The molecule has 2 aromatic carbocycles. The van der Waals surface area contributed by atoms with Crippen LogP contribution in [0.4, 0.5) is 0 Å². The van der Waals surface area contributed by atoms with Gasteiger partial charge in [-0.2, -0.15) is 0 Å². The van der Waals surface area contributed by atoms with Crippen molar-refractivity contribution in [2.75, 3.05) is 19.8 Å². The lowest BCUT2D eigenvalue weighted by atomic mass is 9.94. The Kier molecular flexibility index (Phi) is 8.60. The van der Waals surface area contributed by atoms with Crippen LogP contribution in [-0.2, 0) is 11.2 Å². The van der Waals surface area contributed by atoms with Crippen LogP contribution < -0.4 is 15.8 Å². The van der Waals surface area contributed by atoms with Crippen molar-refractivity contribution in [1.82, 2.24) is 5.32 Å². The van der Waals surface area contributed by atoms with Gasteiger partial charge in [-0.3, -0.25) is 0 Å². The number of benzene rings is 2. The van der Waals surface area contributed by atoms with Gasteiger partial charge in [-0.1, -0.05) is 35.9 Å². The second-order valence-electron chi connectivity index (χ2n) is 7.71. The summed E-state index contributed by atoms with van der Waals surface area (Å²) in [5.41, 5.74) is 9.14. The third-order valence-electron chi connectivity index (χ3n) is 5.38. The molecule has 1 aliphatic rings. The molecule has 1 saturated heterocycles. The number of rotatable bonds is 9. The van der Waals surface area contributed by atoms with Crippen LogP contribution in [0, 0.1) is 0 Å². The molecule has 3 unspecified atom stereocenters. The zero-order valence-corrected chi connectivity index (χ0v) is 18.5. The highest BCUT2D eigenvalue weighted by Crippen LogP contribution is 2.34. The number of aliphatic hydroxyl groups excluding tert-OH is 2. The van der Waals surface area contributed by atoms with Gasteiger partial charge < -0.3 is 30.7 Å². The average Bonchev–Trinajstić information content (AvgIpc) is 2.77. The summed E-state index contributed by atoms with van der Waals surface area (Å²) < 4.78 is 11.7. The Morgan fingerprint density at radius 2 is 2.03 bits per heavy atom. The maximum Gasteiger partial charge on any atom is 0.119 e. The lowest BCUT2D eigenvalue weighted by Crippen LogP contribution is -2.38. The Morgan fingerprint density at radius 1 is 1.26 bits per heavy atom. The third-order valence-corrected chi connectivity index (χ3v) is 5.75. The van der Waals surface area contributed by atoms with Gasteiger partial charge in [0.25, 0.3) is 0 Å². The van der Waals surface area contributed by atoms with Crippen LogP contribution in [0.3, 0.4) is 0 Å². The maximum absolute atomic E-state index is 10.4. The highest BCUT2D eigenvalue weighted by molar-refractivity contribution is 6.31. The molecule has 2 aromatic rings. The lowest BCUT2D eigenvalue weighted by molar-refractivity contribution is -0.0953. The molecule has 1 fully saturated rings. The second kappa shape index (κ2) is 11.4. The Hall–Kier alpha value is -2.25. The van der Waals surface area contributed by atoms with Crippen molar-refractivity contribution in [3.63, 3.8) is 0 Å². The van der Waals surface area contributed by atoms with Crippen molar-refractivity contribution in [1.29, 1.82) is 0 Å². The topological polar surface area (TPSA) is 97.0 Å². The predicted molar refractivity (Wildman–Crippen MR) is 122 cm³/mol. The number of nitrogens with two attached hydrogens (primary N) is 1. The molecule has 3 rings (SSSR count). The third kappa shape index (κ3) is 6.61. The number of aliphatic hydroxyl groups is 2. The van der Waals surface area contributed by atoms with E-state index in [-0.39, 0.29) is 18.8 Å². The minimum absolute atomic E-state index is 0.165. The van der Waals surface area contributed by atoms with Crippen LogP contribution in [0.2, 0.25) is 5.02 Å². The molecule has 6 nitrogen and oxygen atoms in total. The van der Waals surface area contributed by atoms with Crippen LogP contribution in [-0.4, -0.2) is 42.2 Å². The Labute approximate surface area is 188 Å². The van der Waals surface area contributed by atoms with Crippen LogP contribution in [0.15, 0.2) is 54.4 Å². The van der Waals surface area contributed by atoms with Gasteiger partial charge in [0.1, 0.15) is 5.75 Å². The van der Waals surface area contributed by atoms with E-state index in [1.165, 1.54) is 6.20 Å². The first-order chi connectivity index (χ1) is 15.0. The second-order valence-corrected chi connectivity index (χ2v) is 8.11. The van der Waals surface area contributed by atoms with Gasteiger partial charge in [0, 0.05) is 30.6 Å². The number of hydrogen-bond acceptors (Lipinski definition) is 6. The van der Waals surface area contributed by atoms with E-state index < -0.39 is 6.10 Å². The van der Waals surface area contributed by atoms with Crippen LogP contribution in [0.25, 0.3) is 0 Å². The summed E-state index contributed by atoms with van der Waals surface area (Å²) in [4.78, 5) is 0. The van der Waals surface area contributed by atoms with E-state index >= 15 is 0 Å². The molecule has 1 heterocycles. The van der Waals surface area contributed by atoms with Crippen molar-refractivity contribution in [2.45, 2.75) is 44.5 Å². The average molecular weight is 447 g/mol.